The first-order valence-corrected chi connectivity index (χ1v) is 7.71. The largest absolute Gasteiger partial charge is 0.292 e. The lowest BCUT2D eigenvalue weighted by Crippen LogP contribution is -1.99. The van der Waals surface area contributed by atoms with Crippen molar-refractivity contribution in [2.24, 2.45) is 0 Å². The highest BCUT2D eigenvalue weighted by atomic mass is 15.1. The van der Waals surface area contributed by atoms with Gasteiger partial charge in [0, 0.05) is 11.3 Å². The molecule has 1 aromatic heterocycles. The molecule has 1 heterocycles. The molecular weight excluding hydrogens is 280 g/mol. The van der Waals surface area contributed by atoms with Gasteiger partial charge in [0.25, 0.3) is 0 Å². The van der Waals surface area contributed by atoms with Crippen LogP contribution < -0.4 is 0 Å². The SMILES string of the molecule is C=Cc1c(C=C(C)C)nc(-c2ccccc2)n1-c1ccccc1. The van der Waals surface area contributed by atoms with Crippen LogP contribution in [0.25, 0.3) is 29.2 Å². The van der Waals surface area contributed by atoms with Crippen LogP contribution in [-0.4, -0.2) is 9.55 Å². The third kappa shape index (κ3) is 3.02. The third-order valence-electron chi connectivity index (χ3n) is 3.61. The number of nitrogens with zero attached hydrogens (tertiary/aromatic N) is 2. The monoisotopic (exact) mass is 300 g/mol. The second-order valence-electron chi connectivity index (χ2n) is 5.67. The molecule has 0 saturated carbocycles. The van der Waals surface area contributed by atoms with E-state index in [1.165, 1.54) is 5.57 Å². The summed E-state index contributed by atoms with van der Waals surface area (Å²) in [5, 5.41) is 0. The first-order chi connectivity index (χ1) is 11.2. The zero-order valence-corrected chi connectivity index (χ0v) is 13.5. The molecule has 0 radical (unpaired) electrons. The lowest BCUT2D eigenvalue weighted by atomic mass is 10.2. The predicted molar refractivity (Wildman–Crippen MR) is 98.4 cm³/mol. The topological polar surface area (TPSA) is 17.8 Å². The summed E-state index contributed by atoms with van der Waals surface area (Å²) in [6, 6.07) is 20.5. The Morgan fingerprint density at radius 3 is 2.13 bits per heavy atom. The Morgan fingerprint density at radius 2 is 1.57 bits per heavy atom. The smallest absolute Gasteiger partial charge is 0.145 e. The number of benzene rings is 2. The zero-order chi connectivity index (χ0) is 16.2. The fourth-order valence-electron chi connectivity index (χ4n) is 2.64. The standard InChI is InChI=1S/C21H20N2/c1-4-20-19(15-16(2)3)22-21(17-11-7-5-8-12-17)23(20)18-13-9-6-10-14-18/h4-15H,1H2,2-3H3. The van der Waals surface area contributed by atoms with Crippen molar-refractivity contribution in [1.82, 2.24) is 9.55 Å². The molecule has 3 rings (SSSR count). The van der Waals surface area contributed by atoms with Crippen LogP contribution in [-0.2, 0) is 0 Å². The number of allylic oxidation sites excluding steroid dienone is 1. The second-order valence-corrected chi connectivity index (χ2v) is 5.67. The molecule has 0 bridgehead atoms. The number of aromatic nitrogens is 2. The number of hydrogen-bond donors (Lipinski definition) is 0. The molecule has 114 valence electrons. The molecule has 0 fully saturated rings. The Kier molecular flexibility index (Phi) is 4.24. The molecule has 2 nitrogen and oxygen atoms in total. The summed E-state index contributed by atoms with van der Waals surface area (Å²) in [6.45, 7) is 8.16. The van der Waals surface area contributed by atoms with Gasteiger partial charge in [-0.3, -0.25) is 4.57 Å². The van der Waals surface area contributed by atoms with Crippen LogP contribution in [0.5, 0.6) is 0 Å². The van der Waals surface area contributed by atoms with E-state index in [2.05, 4.69) is 55.3 Å². The van der Waals surface area contributed by atoms with E-state index >= 15 is 0 Å². The lowest BCUT2D eigenvalue weighted by molar-refractivity contribution is 1.05. The van der Waals surface area contributed by atoms with Crippen molar-refractivity contribution in [3.8, 4) is 17.1 Å². The van der Waals surface area contributed by atoms with Crippen LogP contribution in [0.2, 0.25) is 0 Å². The third-order valence-corrected chi connectivity index (χ3v) is 3.61. The van der Waals surface area contributed by atoms with Crippen LogP contribution >= 0.6 is 0 Å². The Balaban J connectivity index is 2.32. The van der Waals surface area contributed by atoms with E-state index in [0.29, 0.717) is 0 Å². The number of hydrogen-bond acceptors (Lipinski definition) is 1. The van der Waals surface area contributed by atoms with Crippen molar-refractivity contribution in [3.63, 3.8) is 0 Å². The summed E-state index contributed by atoms with van der Waals surface area (Å²) in [5.74, 6) is 0.930. The molecule has 0 amide bonds. The molecule has 0 atom stereocenters. The quantitative estimate of drug-likeness (QED) is 0.612. The molecule has 2 heteroatoms. The normalized spacial score (nSPS) is 10.3. The van der Waals surface area contributed by atoms with Gasteiger partial charge in [0.1, 0.15) is 5.82 Å². The van der Waals surface area contributed by atoms with E-state index in [0.717, 1.165) is 28.5 Å². The van der Waals surface area contributed by atoms with Crippen LogP contribution in [0.4, 0.5) is 0 Å². The Bertz CT molecular complexity index is 836. The Labute approximate surface area is 137 Å². The van der Waals surface area contributed by atoms with E-state index in [9.17, 15) is 0 Å². The van der Waals surface area contributed by atoms with Gasteiger partial charge in [-0.2, -0.15) is 0 Å². The maximum atomic E-state index is 4.88. The van der Waals surface area contributed by atoms with Crippen LogP contribution in [0.15, 0.2) is 72.8 Å². The highest BCUT2D eigenvalue weighted by Gasteiger charge is 2.16. The van der Waals surface area contributed by atoms with Gasteiger partial charge >= 0.3 is 0 Å². The fourth-order valence-corrected chi connectivity index (χ4v) is 2.64. The summed E-state index contributed by atoms with van der Waals surface area (Å²) in [7, 11) is 0. The number of imidazole rings is 1. The molecular formula is C21H20N2. The zero-order valence-electron chi connectivity index (χ0n) is 13.5. The average Bonchev–Trinajstić information content (AvgIpc) is 2.94. The summed E-state index contributed by atoms with van der Waals surface area (Å²) < 4.78 is 2.16. The summed E-state index contributed by atoms with van der Waals surface area (Å²) >= 11 is 0. The minimum Gasteiger partial charge on any atom is -0.292 e. The van der Waals surface area contributed by atoms with E-state index in [-0.39, 0.29) is 0 Å². The highest BCUT2D eigenvalue weighted by molar-refractivity contribution is 5.70. The minimum atomic E-state index is 0.930. The molecule has 0 aliphatic heterocycles. The molecule has 2 aromatic carbocycles. The first-order valence-electron chi connectivity index (χ1n) is 7.71. The molecule has 3 aromatic rings. The van der Waals surface area contributed by atoms with Crippen molar-refractivity contribution < 1.29 is 0 Å². The fraction of sp³-hybridized carbons (Fsp3) is 0.0952. The van der Waals surface area contributed by atoms with Gasteiger partial charge in [0.15, 0.2) is 0 Å². The van der Waals surface area contributed by atoms with E-state index in [4.69, 9.17) is 4.98 Å². The number of rotatable bonds is 4. The Morgan fingerprint density at radius 1 is 0.957 bits per heavy atom. The van der Waals surface area contributed by atoms with Crippen LogP contribution in [0.3, 0.4) is 0 Å². The lowest BCUT2D eigenvalue weighted by Gasteiger charge is -2.10. The van der Waals surface area contributed by atoms with Crippen molar-refractivity contribution in [2.45, 2.75) is 13.8 Å². The van der Waals surface area contributed by atoms with Gasteiger partial charge in [-0.05, 0) is 38.1 Å². The molecule has 0 N–H and O–H groups in total. The van der Waals surface area contributed by atoms with Crippen molar-refractivity contribution >= 4 is 12.2 Å². The van der Waals surface area contributed by atoms with Crippen LogP contribution in [0, 0.1) is 0 Å². The minimum absolute atomic E-state index is 0.930. The number of para-hydroxylation sites is 1. The van der Waals surface area contributed by atoms with Gasteiger partial charge in [-0.15, -0.1) is 0 Å². The van der Waals surface area contributed by atoms with Gasteiger partial charge in [0.2, 0.25) is 0 Å². The predicted octanol–water partition coefficient (Wildman–Crippen LogP) is 5.61. The molecule has 0 spiro atoms. The summed E-state index contributed by atoms with van der Waals surface area (Å²) in [4.78, 5) is 4.88. The van der Waals surface area contributed by atoms with Crippen molar-refractivity contribution in [2.75, 3.05) is 0 Å². The van der Waals surface area contributed by atoms with Gasteiger partial charge in [0.05, 0.1) is 11.4 Å². The van der Waals surface area contributed by atoms with E-state index in [1.807, 2.05) is 42.5 Å². The maximum Gasteiger partial charge on any atom is 0.145 e. The molecule has 0 aliphatic rings. The van der Waals surface area contributed by atoms with Crippen LogP contribution in [0.1, 0.15) is 25.2 Å². The molecule has 23 heavy (non-hydrogen) atoms. The van der Waals surface area contributed by atoms with Gasteiger partial charge < -0.3 is 0 Å². The molecule has 0 saturated heterocycles. The average molecular weight is 300 g/mol. The van der Waals surface area contributed by atoms with Gasteiger partial charge in [-0.25, -0.2) is 4.98 Å². The summed E-state index contributed by atoms with van der Waals surface area (Å²) in [5.41, 5.74) is 5.35. The summed E-state index contributed by atoms with van der Waals surface area (Å²) in [6.07, 6.45) is 3.98. The second kappa shape index (κ2) is 6.49. The maximum absolute atomic E-state index is 4.88. The molecule has 0 unspecified atom stereocenters. The highest BCUT2D eigenvalue weighted by Crippen LogP contribution is 2.28. The van der Waals surface area contributed by atoms with Crippen molar-refractivity contribution in [1.29, 1.82) is 0 Å². The Hall–Kier alpha value is -2.87. The van der Waals surface area contributed by atoms with Crippen molar-refractivity contribution in [3.05, 3.63) is 84.2 Å². The first kappa shape index (κ1) is 15.0. The van der Waals surface area contributed by atoms with Gasteiger partial charge in [-0.1, -0.05) is 60.7 Å². The van der Waals surface area contributed by atoms with E-state index < -0.39 is 0 Å². The van der Waals surface area contributed by atoms with E-state index in [1.54, 1.807) is 0 Å². The molecule has 0 aliphatic carbocycles.